The summed E-state index contributed by atoms with van der Waals surface area (Å²) in [7, 11) is 0. The van der Waals surface area contributed by atoms with Crippen LogP contribution in [0.1, 0.15) is 41.1 Å². The fourth-order valence-electron chi connectivity index (χ4n) is 7.25. The molecule has 7 heteroatoms. The third kappa shape index (κ3) is 5.26. The van der Waals surface area contributed by atoms with E-state index in [2.05, 4.69) is 70.5 Å². The van der Waals surface area contributed by atoms with E-state index in [0.29, 0.717) is 36.9 Å². The van der Waals surface area contributed by atoms with Crippen LogP contribution in [0.3, 0.4) is 0 Å². The summed E-state index contributed by atoms with van der Waals surface area (Å²) in [5, 5.41) is 0.757. The summed E-state index contributed by atoms with van der Waals surface area (Å²) in [4.78, 5) is 21.0. The van der Waals surface area contributed by atoms with Gasteiger partial charge in [-0.2, -0.15) is 13.2 Å². The van der Waals surface area contributed by atoms with Crippen molar-refractivity contribution in [2.24, 2.45) is 0 Å². The quantitative estimate of drug-likeness (QED) is 0.201. The highest BCUT2D eigenvalue weighted by atomic mass is 19.4. The smallest absolute Gasteiger partial charge is 0.327 e. The average molecular weight is 592 g/mol. The largest absolute Gasteiger partial charge is 0.471 e. The number of para-hydroxylation sites is 1. The molecule has 0 radical (unpaired) electrons. The number of carbonyl (C=O) groups is 1. The van der Waals surface area contributed by atoms with Crippen molar-refractivity contribution in [2.75, 3.05) is 6.54 Å². The molecule has 1 aliphatic heterocycles. The molecule has 1 aromatic heterocycles. The predicted molar refractivity (Wildman–Crippen MR) is 166 cm³/mol. The number of nitrogens with zero attached hydrogens (tertiary/aromatic N) is 3. The number of amides is 1. The van der Waals surface area contributed by atoms with Crippen LogP contribution in [0, 0.1) is 0 Å². The molecule has 0 unspecified atom stereocenters. The van der Waals surface area contributed by atoms with Gasteiger partial charge in [0.15, 0.2) is 0 Å². The van der Waals surface area contributed by atoms with E-state index in [-0.39, 0.29) is 18.6 Å². The van der Waals surface area contributed by atoms with Crippen LogP contribution in [-0.2, 0) is 17.8 Å². The number of piperidine rings is 1. The molecule has 1 amide bonds. The molecular weight excluding hydrogens is 559 g/mol. The van der Waals surface area contributed by atoms with Gasteiger partial charge in [0.25, 0.3) is 0 Å². The second-order valence-corrected chi connectivity index (χ2v) is 11.8. The van der Waals surface area contributed by atoms with E-state index in [1.165, 1.54) is 22.3 Å². The number of likely N-dealkylation sites (tertiary alicyclic amines) is 1. The second kappa shape index (κ2) is 11.5. The lowest BCUT2D eigenvalue weighted by atomic mass is 9.87. The third-order valence-electron chi connectivity index (χ3n) is 9.20. The third-order valence-corrected chi connectivity index (χ3v) is 9.20. The highest BCUT2D eigenvalue weighted by Crippen LogP contribution is 2.48. The van der Waals surface area contributed by atoms with Gasteiger partial charge in [0.05, 0.1) is 11.6 Å². The molecule has 2 atom stereocenters. The van der Waals surface area contributed by atoms with Gasteiger partial charge in [-0.3, -0.25) is 14.7 Å². The highest BCUT2D eigenvalue weighted by molar-refractivity contribution is 5.85. The molecule has 2 aliphatic rings. The van der Waals surface area contributed by atoms with Crippen molar-refractivity contribution in [1.29, 1.82) is 0 Å². The Morgan fingerprint density at radius 1 is 0.818 bits per heavy atom. The van der Waals surface area contributed by atoms with E-state index in [1.807, 2.05) is 42.5 Å². The summed E-state index contributed by atoms with van der Waals surface area (Å²) < 4.78 is 42.5. The summed E-state index contributed by atoms with van der Waals surface area (Å²) in [6, 6.07) is 35.4. The van der Waals surface area contributed by atoms with Gasteiger partial charge in [-0.05, 0) is 64.8 Å². The van der Waals surface area contributed by atoms with E-state index in [9.17, 15) is 18.0 Å². The summed E-state index contributed by atoms with van der Waals surface area (Å²) in [5.41, 5.74) is 7.32. The van der Waals surface area contributed by atoms with Crippen LogP contribution in [-0.4, -0.2) is 45.5 Å². The molecule has 1 aliphatic carbocycles. The highest BCUT2D eigenvalue weighted by Gasteiger charge is 2.47. The zero-order valence-corrected chi connectivity index (χ0v) is 24.1. The van der Waals surface area contributed by atoms with Crippen molar-refractivity contribution in [1.82, 2.24) is 14.8 Å². The molecule has 7 rings (SSSR count). The minimum absolute atomic E-state index is 0.00651. The summed E-state index contributed by atoms with van der Waals surface area (Å²) in [6.45, 7) is 0.438. The number of hydrogen-bond acceptors (Lipinski definition) is 3. The van der Waals surface area contributed by atoms with Crippen LogP contribution in [0.2, 0.25) is 0 Å². The van der Waals surface area contributed by atoms with Crippen molar-refractivity contribution in [3.05, 3.63) is 138 Å². The minimum Gasteiger partial charge on any atom is -0.327 e. The number of carbonyl (C=O) groups excluding carboxylic acids is 1. The number of alkyl halides is 3. The van der Waals surface area contributed by atoms with Crippen molar-refractivity contribution < 1.29 is 18.0 Å². The van der Waals surface area contributed by atoms with Crippen LogP contribution in [0.5, 0.6) is 0 Å². The Morgan fingerprint density at radius 3 is 2.16 bits per heavy atom. The Hall–Kier alpha value is -4.49. The van der Waals surface area contributed by atoms with Crippen molar-refractivity contribution in [3.8, 4) is 11.1 Å². The lowest BCUT2D eigenvalue weighted by Gasteiger charge is -2.46. The normalized spacial score (nSPS) is 18.6. The zero-order chi connectivity index (χ0) is 30.3. The van der Waals surface area contributed by atoms with E-state index >= 15 is 0 Å². The summed E-state index contributed by atoms with van der Waals surface area (Å²) >= 11 is 0. The zero-order valence-electron chi connectivity index (χ0n) is 24.1. The summed E-state index contributed by atoms with van der Waals surface area (Å²) in [6.07, 6.45) is -1.83. The Labute approximate surface area is 254 Å². The van der Waals surface area contributed by atoms with Gasteiger partial charge < -0.3 is 4.90 Å². The lowest BCUT2D eigenvalue weighted by Crippen LogP contribution is -2.55. The van der Waals surface area contributed by atoms with Crippen molar-refractivity contribution >= 4 is 16.8 Å². The van der Waals surface area contributed by atoms with E-state index in [4.69, 9.17) is 0 Å². The van der Waals surface area contributed by atoms with Gasteiger partial charge >= 0.3 is 12.1 Å². The Bertz CT molecular complexity index is 1750. The van der Waals surface area contributed by atoms with Crippen molar-refractivity contribution in [3.63, 3.8) is 0 Å². The van der Waals surface area contributed by atoms with Gasteiger partial charge in [-0.1, -0.05) is 97.1 Å². The van der Waals surface area contributed by atoms with Crippen LogP contribution in [0.15, 0.2) is 115 Å². The van der Waals surface area contributed by atoms with E-state index in [1.54, 1.807) is 12.3 Å². The fourth-order valence-corrected chi connectivity index (χ4v) is 7.25. The van der Waals surface area contributed by atoms with E-state index in [0.717, 1.165) is 15.8 Å². The number of benzene rings is 4. The summed E-state index contributed by atoms with van der Waals surface area (Å²) in [5.74, 6) is -1.79. The van der Waals surface area contributed by atoms with Crippen LogP contribution in [0.25, 0.3) is 22.0 Å². The molecule has 0 N–H and O–H groups in total. The number of rotatable bonds is 6. The first-order chi connectivity index (χ1) is 21.4. The lowest BCUT2D eigenvalue weighted by molar-refractivity contribution is -0.190. The predicted octanol–water partition coefficient (Wildman–Crippen LogP) is 7.97. The molecule has 44 heavy (non-hydrogen) atoms. The minimum atomic E-state index is -4.97. The molecule has 1 fully saturated rings. The number of hydrogen-bond donors (Lipinski definition) is 0. The maximum atomic E-state index is 14.2. The monoisotopic (exact) mass is 591 g/mol. The average Bonchev–Trinajstić information content (AvgIpc) is 3.38. The fraction of sp³-hybridized carbons (Fsp3) is 0.243. The molecule has 222 valence electrons. The maximum absolute atomic E-state index is 14.2. The SMILES string of the molecule is O=C(N(Cc1ccnc2ccccc12)[C@H]1CCN(C2c3ccccc3-c3ccccc32)[C@H](Cc2ccccc2)C1)C(F)(F)F. The van der Waals surface area contributed by atoms with Crippen LogP contribution >= 0.6 is 0 Å². The van der Waals surface area contributed by atoms with Crippen molar-refractivity contribution in [2.45, 2.75) is 50.1 Å². The Balaban J connectivity index is 1.26. The molecule has 4 nitrogen and oxygen atoms in total. The molecule has 0 spiro atoms. The van der Waals surface area contributed by atoms with Crippen LogP contribution in [0.4, 0.5) is 13.2 Å². The molecule has 4 aromatic carbocycles. The van der Waals surface area contributed by atoms with Gasteiger partial charge in [0.1, 0.15) is 0 Å². The maximum Gasteiger partial charge on any atom is 0.471 e. The molecule has 2 heterocycles. The first-order valence-electron chi connectivity index (χ1n) is 15.1. The molecule has 1 saturated heterocycles. The topological polar surface area (TPSA) is 36.4 Å². The molecule has 5 aromatic rings. The van der Waals surface area contributed by atoms with Gasteiger partial charge in [0, 0.05) is 36.8 Å². The number of halogens is 3. The van der Waals surface area contributed by atoms with Gasteiger partial charge in [0.2, 0.25) is 0 Å². The first kappa shape index (κ1) is 28.3. The Kier molecular flexibility index (Phi) is 7.42. The molecule has 0 saturated carbocycles. The van der Waals surface area contributed by atoms with Gasteiger partial charge in [-0.15, -0.1) is 0 Å². The Morgan fingerprint density at radius 2 is 1.45 bits per heavy atom. The second-order valence-electron chi connectivity index (χ2n) is 11.8. The first-order valence-corrected chi connectivity index (χ1v) is 15.1. The van der Waals surface area contributed by atoms with E-state index < -0.39 is 18.1 Å². The van der Waals surface area contributed by atoms with Crippen LogP contribution < -0.4 is 0 Å². The molecule has 0 bridgehead atoms. The molecular formula is C37H32F3N3O. The number of pyridine rings is 1. The van der Waals surface area contributed by atoms with Gasteiger partial charge in [-0.25, -0.2) is 0 Å². The number of fused-ring (bicyclic) bond motifs is 4. The number of aromatic nitrogens is 1. The standard InChI is InChI=1S/C37H32F3N3O/c38-37(39,40)36(44)43(24-26-18-20-41-34-17-9-8-12-29(26)34)27-19-21-42(28(23-27)22-25-10-2-1-3-11-25)35-32-15-6-4-13-30(32)31-14-5-7-16-33(31)35/h1-18,20,27-28,35H,19,21-24H2/t27-,28+/m0/s1.